The Morgan fingerprint density at radius 1 is 1.09 bits per heavy atom. The van der Waals surface area contributed by atoms with E-state index < -0.39 is 18.1 Å². The molecule has 0 aromatic heterocycles. The van der Waals surface area contributed by atoms with Crippen LogP contribution in [0.15, 0.2) is 33.9 Å². The van der Waals surface area contributed by atoms with Crippen molar-refractivity contribution in [1.82, 2.24) is 0 Å². The number of aliphatic imine (C=N–C) groups is 1. The lowest BCUT2D eigenvalue weighted by molar-refractivity contribution is -0.124. The zero-order chi connectivity index (χ0) is 23.5. The number of hydrogen-bond donors (Lipinski definition) is 0. The molecule has 8 nitrogen and oxygen atoms in total. The lowest BCUT2D eigenvalue weighted by atomic mass is 9.83. The molecule has 1 saturated carbocycles. The van der Waals surface area contributed by atoms with Gasteiger partial charge in [-0.25, -0.2) is 4.99 Å². The van der Waals surface area contributed by atoms with Crippen LogP contribution in [0.2, 0.25) is 10.0 Å². The van der Waals surface area contributed by atoms with Gasteiger partial charge in [-0.15, -0.1) is 0 Å². The number of anilines is 1. The summed E-state index contributed by atoms with van der Waals surface area (Å²) < 4.78 is 5.82. The number of carbonyl (C=O) groups is 3. The number of ether oxygens (including phenoxy) is 1. The molecule has 0 N–H and O–H groups in total. The van der Waals surface area contributed by atoms with Crippen LogP contribution < -0.4 is 9.75 Å². The van der Waals surface area contributed by atoms with Crippen molar-refractivity contribution in [3.05, 3.63) is 33.8 Å². The third-order valence-corrected chi connectivity index (χ3v) is 6.38. The van der Waals surface area contributed by atoms with Gasteiger partial charge in [0.15, 0.2) is 11.5 Å². The Morgan fingerprint density at radius 2 is 1.79 bits per heavy atom. The highest BCUT2D eigenvalue weighted by atomic mass is 35.5. The number of nitrogens with zero attached hydrogens (tertiary/aromatic N) is 4. The summed E-state index contributed by atoms with van der Waals surface area (Å²) in [7, 11) is 0. The van der Waals surface area contributed by atoms with E-state index in [-0.39, 0.29) is 45.4 Å². The first-order valence-corrected chi connectivity index (χ1v) is 11.4. The zero-order valence-electron chi connectivity index (χ0n) is 17.6. The van der Waals surface area contributed by atoms with Crippen LogP contribution in [-0.2, 0) is 14.4 Å². The van der Waals surface area contributed by atoms with Gasteiger partial charge < -0.3 is 4.74 Å². The normalized spacial score (nSPS) is 19.6. The molecule has 1 aromatic carbocycles. The SMILES string of the molecule is N#CC1=NN(c2cc(Cl)c(OC3=NCC(=O)C(CC4CCCCC4)=C3)c(Cl)c2)C(=O)CC1=O. The maximum atomic E-state index is 12.3. The van der Waals surface area contributed by atoms with E-state index in [2.05, 4.69) is 10.1 Å². The largest absolute Gasteiger partial charge is 0.436 e. The maximum absolute atomic E-state index is 12.3. The van der Waals surface area contributed by atoms with Gasteiger partial charge in [0.1, 0.15) is 12.6 Å². The zero-order valence-corrected chi connectivity index (χ0v) is 19.2. The molecule has 0 bridgehead atoms. The van der Waals surface area contributed by atoms with Crippen LogP contribution in [0.1, 0.15) is 44.9 Å². The number of ketones is 2. The van der Waals surface area contributed by atoms with Gasteiger partial charge >= 0.3 is 0 Å². The van der Waals surface area contributed by atoms with Gasteiger partial charge in [0.2, 0.25) is 17.4 Å². The summed E-state index contributed by atoms with van der Waals surface area (Å²) in [6.07, 6.45) is 7.74. The van der Waals surface area contributed by atoms with Gasteiger partial charge in [0.05, 0.1) is 22.2 Å². The molecular weight excluding hydrogens is 467 g/mol. The molecule has 1 amide bonds. The maximum Gasteiger partial charge on any atom is 0.255 e. The second-order valence-corrected chi connectivity index (χ2v) is 8.98. The molecule has 0 saturated heterocycles. The molecule has 1 aromatic rings. The molecule has 2 heterocycles. The molecule has 3 aliphatic rings. The Labute approximate surface area is 200 Å². The standard InChI is InChI=1S/C23H20Cl2N4O4/c24-16-8-15(29-22(32)10-19(30)18(11-26)28-29)9-17(25)23(16)33-21-7-14(20(31)12-27-21)6-13-4-2-1-3-5-13/h7-9,13H,1-6,10,12H2. The number of amides is 1. The molecule has 0 radical (unpaired) electrons. The monoisotopic (exact) mass is 486 g/mol. The van der Waals surface area contributed by atoms with Gasteiger partial charge in [0, 0.05) is 11.6 Å². The van der Waals surface area contributed by atoms with Crippen molar-refractivity contribution in [2.75, 3.05) is 11.6 Å². The molecule has 2 aliphatic heterocycles. The van der Waals surface area contributed by atoms with E-state index in [4.69, 9.17) is 33.2 Å². The van der Waals surface area contributed by atoms with E-state index >= 15 is 0 Å². The number of hydrogen-bond acceptors (Lipinski definition) is 7. The third kappa shape index (κ3) is 5.15. The Hall–Kier alpha value is -3.02. The molecule has 0 atom stereocenters. The first-order valence-electron chi connectivity index (χ1n) is 10.7. The van der Waals surface area contributed by atoms with E-state index in [1.165, 1.54) is 31.4 Å². The van der Waals surface area contributed by atoms with Crippen molar-refractivity contribution in [1.29, 1.82) is 5.26 Å². The highest BCUT2D eigenvalue weighted by Gasteiger charge is 2.30. The van der Waals surface area contributed by atoms with Crippen LogP contribution in [0.25, 0.3) is 0 Å². The quantitative estimate of drug-likeness (QED) is 0.583. The van der Waals surface area contributed by atoms with Crippen LogP contribution in [-0.4, -0.2) is 35.6 Å². The molecule has 1 fully saturated rings. The van der Waals surface area contributed by atoms with Gasteiger partial charge in [-0.3, -0.25) is 14.4 Å². The topological polar surface area (TPSA) is 112 Å². The van der Waals surface area contributed by atoms with Crippen molar-refractivity contribution >= 4 is 58.0 Å². The van der Waals surface area contributed by atoms with E-state index in [1.54, 1.807) is 12.1 Å². The van der Waals surface area contributed by atoms with Crippen molar-refractivity contribution in [3.63, 3.8) is 0 Å². The van der Waals surface area contributed by atoms with Gasteiger partial charge in [-0.05, 0) is 24.5 Å². The molecule has 10 heteroatoms. The Balaban J connectivity index is 1.55. The van der Waals surface area contributed by atoms with Crippen LogP contribution in [0.5, 0.6) is 5.75 Å². The summed E-state index contributed by atoms with van der Waals surface area (Å²) in [4.78, 5) is 40.4. The fourth-order valence-electron chi connectivity index (χ4n) is 4.13. The number of benzene rings is 1. The molecule has 1 aliphatic carbocycles. The van der Waals surface area contributed by atoms with E-state index in [1.807, 2.05) is 0 Å². The van der Waals surface area contributed by atoms with Crippen molar-refractivity contribution in [2.45, 2.75) is 44.9 Å². The number of hydrazone groups is 1. The Morgan fingerprint density at radius 3 is 2.45 bits per heavy atom. The number of dihydropyridines is 1. The second-order valence-electron chi connectivity index (χ2n) is 8.16. The van der Waals surface area contributed by atoms with Crippen LogP contribution >= 0.6 is 23.2 Å². The summed E-state index contributed by atoms with van der Waals surface area (Å²) in [5.41, 5.74) is 0.508. The number of halogens is 2. The predicted octanol–water partition coefficient (Wildman–Crippen LogP) is 4.44. The first kappa shape index (κ1) is 23.1. The van der Waals surface area contributed by atoms with Gasteiger partial charge in [-0.2, -0.15) is 15.4 Å². The molecule has 0 spiro atoms. The molecule has 0 unspecified atom stereocenters. The highest BCUT2D eigenvalue weighted by molar-refractivity contribution is 6.50. The minimum atomic E-state index is -0.642. The first-order chi connectivity index (χ1) is 15.9. The summed E-state index contributed by atoms with van der Waals surface area (Å²) >= 11 is 12.7. The minimum Gasteiger partial charge on any atom is -0.436 e. The lowest BCUT2D eigenvalue weighted by Gasteiger charge is -2.23. The third-order valence-electron chi connectivity index (χ3n) is 5.82. The van der Waals surface area contributed by atoms with Gasteiger partial charge in [-0.1, -0.05) is 55.3 Å². The highest BCUT2D eigenvalue weighted by Crippen LogP contribution is 2.38. The Bertz CT molecular complexity index is 1140. The van der Waals surface area contributed by atoms with Crippen molar-refractivity contribution in [3.8, 4) is 11.8 Å². The van der Waals surface area contributed by atoms with Crippen LogP contribution in [0.4, 0.5) is 5.69 Å². The number of rotatable bonds is 4. The minimum absolute atomic E-state index is 0.00314. The average Bonchev–Trinajstić information content (AvgIpc) is 2.79. The van der Waals surface area contributed by atoms with Crippen LogP contribution in [0.3, 0.4) is 0 Å². The fraction of sp³-hybridized carbons (Fsp3) is 0.391. The van der Waals surface area contributed by atoms with Gasteiger partial charge in [0.25, 0.3) is 5.91 Å². The second kappa shape index (κ2) is 9.86. The predicted molar refractivity (Wildman–Crippen MR) is 124 cm³/mol. The fourth-order valence-corrected chi connectivity index (χ4v) is 4.68. The summed E-state index contributed by atoms with van der Waals surface area (Å²) in [5.74, 6) is -0.408. The van der Waals surface area contributed by atoms with Crippen molar-refractivity contribution < 1.29 is 19.1 Å². The van der Waals surface area contributed by atoms with E-state index in [9.17, 15) is 14.4 Å². The number of nitriles is 1. The summed E-state index contributed by atoms with van der Waals surface area (Å²) in [6.45, 7) is 0.00314. The smallest absolute Gasteiger partial charge is 0.255 e. The Kier molecular flexibility index (Phi) is 6.91. The average molecular weight is 487 g/mol. The van der Waals surface area contributed by atoms with E-state index in [0.29, 0.717) is 17.9 Å². The molecule has 170 valence electrons. The lowest BCUT2D eigenvalue weighted by Crippen LogP contribution is -2.36. The van der Waals surface area contributed by atoms with E-state index in [0.717, 1.165) is 17.9 Å². The number of carbonyl (C=O) groups excluding carboxylic acids is 3. The molecular formula is C23H20Cl2N4O4. The van der Waals surface area contributed by atoms with Crippen molar-refractivity contribution in [2.24, 2.45) is 16.0 Å². The molecule has 4 rings (SSSR count). The molecule has 33 heavy (non-hydrogen) atoms. The van der Waals surface area contributed by atoms with Crippen LogP contribution in [0, 0.1) is 17.2 Å². The number of Topliss-reactive ketones (excluding diaryl/α,β-unsaturated/α-hetero) is 2. The summed E-state index contributed by atoms with van der Waals surface area (Å²) in [6, 6.07) is 4.47. The summed E-state index contributed by atoms with van der Waals surface area (Å²) in [5, 5.41) is 13.9.